The van der Waals surface area contributed by atoms with Crippen LogP contribution in [-0.4, -0.2) is 19.0 Å². The van der Waals surface area contributed by atoms with E-state index in [0.29, 0.717) is 11.6 Å². The van der Waals surface area contributed by atoms with Crippen molar-refractivity contribution in [3.05, 3.63) is 71.3 Å². The summed E-state index contributed by atoms with van der Waals surface area (Å²) in [6.07, 6.45) is 0.900. The van der Waals surface area contributed by atoms with Crippen molar-refractivity contribution in [1.29, 1.82) is 0 Å². The minimum Gasteiger partial charge on any atom is -0.355 e. The molecule has 3 nitrogen and oxygen atoms in total. The molecule has 0 bridgehead atoms. The van der Waals surface area contributed by atoms with Crippen LogP contribution in [0.5, 0.6) is 0 Å². The van der Waals surface area contributed by atoms with Crippen LogP contribution >= 0.6 is 0 Å². The molecule has 1 unspecified atom stereocenters. The molecule has 0 aliphatic heterocycles. The quantitative estimate of drug-likeness (QED) is 0.855. The Hall–Kier alpha value is -2.13. The minimum absolute atomic E-state index is 0.0400. The lowest BCUT2D eigenvalue weighted by Gasteiger charge is -2.14. The number of benzene rings is 2. The summed E-state index contributed by atoms with van der Waals surface area (Å²) in [6, 6.07) is 18.5. The fourth-order valence-electron chi connectivity index (χ4n) is 2.30. The van der Waals surface area contributed by atoms with Gasteiger partial charge in [0.2, 0.25) is 0 Å². The SMILES string of the molecule is CNC(=O)c1cccc(CC(C)NCc2ccccc2)c1. The third kappa shape index (κ3) is 4.72. The lowest BCUT2D eigenvalue weighted by molar-refractivity contribution is 0.0963. The maximum absolute atomic E-state index is 11.6. The van der Waals surface area contributed by atoms with Gasteiger partial charge in [0.25, 0.3) is 5.91 Å². The highest BCUT2D eigenvalue weighted by atomic mass is 16.1. The summed E-state index contributed by atoms with van der Waals surface area (Å²) in [4.78, 5) is 11.6. The summed E-state index contributed by atoms with van der Waals surface area (Å²) in [6.45, 7) is 3.02. The molecular weight excluding hydrogens is 260 g/mol. The molecule has 0 aliphatic carbocycles. The van der Waals surface area contributed by atoms with E-state index in [4.69, 9.17) is 0 Å². The van der Waals surface area contributed by atoms with Crippen LogP contribution in [0.2, 0.25) is 0 Å². The summed E-state index contributed by atoms with van der Waals surface area (Å²) >= 11 is 0. The predicted octanol–water partition coefficient (Wildman–Crippen LogP) is 2.77. The van der Waals surface area contributed by atoms with E-state index in [9.17, 15) is 4.79 Å². The van der Waals surface area contributed by atoms with E-state index in [1.54, 1.807) is 7.05 Å². The summed E-state index contributed by atoms with van der Waals surface area (Å²) in [5.74, 6) is -0.0400. The van der Waals surface area contributed by atoms with Crippen molar-refractivity contribution in [1.82, 2.24) is 10.6 Å². The van der Waals surface area contributed by atoms with Crippen molar-refractivity contribution in [2.24, 2.45) is 0 Å². The van der Waals surface area contributed by atoms with Gasteiger partial charge in [0.1, 0.15) is 0 Å². The molecule has 0 radical (unpaired) electrons. The first-order valence-corrected chi connectivity index (χ1v) is 7.27. The highest BCUT2D eigenvalue weighted by Crippen LogP contribution is 2.08. The topological polar surface area (TPSA) is 41.1 Å². The van der Waals surface area contributed by atoms with E-state index < -0.39 is 0 Å². The van der Waals surface area contributed by atoms with E-state index in [0.717, 1.165) is 13.0 Å². The third-order valence-corrected chi connectivity index (χ3v) is 3.46. The monoisotopic (exact) mass is 282 g/mol. The number of hydrogen-bond acceptors (Lipinski definition) is 2. The number of hydrogen-bond donors (Lipinski definition) is 2. The normalized spacial score (nSPS) is 11.9. The Kier molecular flexibility index (Phi) is 5.52. The highest BCUT2D eigenvalue weighted by Gasteiger charge is 2.07. The molecule has 0 fully saturated rings. The summed E-state index contributed by atoms with van der Waals surface area (Å²) in [7, 11) is 1.65. The zero-order chi connectivity index (χ0) is 15.1. The molecule has 2 rings (SSSR count). The molecular formula is C18H22N2O. The molecule has 1 amide bonds. The van der Waals surface area contributed by atoms with Gasteiger partial charge >= 0.3 is 0 Å². The van der Waals surface area contributed by atoms with Crippen LogP contribution in [0.1, 0.15) is 28.4 Å². The van der Waals surface area contributed by atoms with Gasteiger partial charge in [0, 0.05) is 25.2 Å². The maximum atomic E-state index is 11.6. The van der Waals surface area contributed by atoms with Crippen molar-refractivity contribution < 1.29 is 4.79 Å². The van der Waals surface area contributed by atoms with Crippen LogP contribution in [0.25, 0.3) is 0 Å². The maximum Gasteiger partial charge on any atom is 0.251 e. The van der Waals surface area contributed by atoms with Crippen LogP contribution in [0.15, 0.2) is 54.6 Å². The zero-order valence-corrected chi connectivity index (χ0v) is 12.6. The lowest BCUT2D eigenvalue weighted by atomic mass is 10.0. The molecule has 0 spiro atoms. The molecule has 0 saturated heterocycles. The Balaban J connectivity index is 1.90. The first-order chi connectivity index (χ1) is 10.2. The Morgan fingerprint density at radius 2 is 1.76 bits per heavy atom. The fourth-order valence-corrected chi connectivity index (χ4v) is 2.30. The Morgan fingerprint density at radius 1 is 1.05 bits per heavy atom. The van der Waals surface area contributed by atoms with Crippen LogP contribution in [0, 0.1) is 0 Å². The van der Waals surface area contributed by atoms with Gasteiger partial charge in [-0.25, -0.2) is 0 Å². The predicted molar refractivity (Wildman–Crippen MR) is 86.3 cm³/mol. The number of carbonyl (C=O) groups is 1. The van der Waals surface area contributed by atoms with Gasteiger partial charge < -0.3 is 10.6 Å². The van der Waals surface area contributed by atoms with Gasteiger partial charge in [0.15, 0.2) is 0 Å². The van der Waals surface area contributed by atoms with E-state index in [1.807, 2.05) is 24.3 Å². The fraction of sp³-hybridized carbons (Fsp3) is 0.278. The second kappa shape index (κ2) is 7.60. The minimum atomic E-state index is -0.0400. The summed E-state index contributed by atoms with van der Waals surface area (Å²) in [5.41, 5.74) is 3.16. The molecule has 3 heteroatoms. The second-order valence-electron chi connectivity index (χ2n) is 5.25. The zero-order valence-electron chi connectivity index (χ0n) is 12.6. The van der Waals surface area contributed by atoms with Crippen LogP contribution in [-0.2, 0) is 13.0 Å². The average molecular weight is 282 g/mol. The van der Waals surface area contributed by atoms with Gasteiger partial charge in [-0.3, -0.25) is 4.79 Å². The first-order valence-electron chi connectivity index (χ1n) is 7.27. The molecule has 0 saturated carbocycles. The molecule has 2 aromatic carbocycles. The van der Waals surface area contributed by atoms with Crippen molar-refractivity contribution in [3.63, 3.8) is 0 Å². The van der Waals surface area contributed by atoms with Crippen molar-refractivity contribution >= 4 is 5.91 Å². The van der Waals surface area contributed by atoms with Gasteiger partial charge in [-0.2, -0.15) is 0 Å². The lowest BCUT2D eigenvalue weighted by Crippen LogP contribution is -2.27. The number of nitrogens with one attached hydrogen (secondary N) is 2. The van der Waals surface area contributed by atoms with Crippen molar-refractivity contribution in [2.75, 3.05) is 7.05 Å². The molecule has 110 valence electrons. The van der Waals surface area contributed by atoms with Gasteiger partial charge in [0.05, 0.1) is 0 Å². The van der Waals surface area contributed by atoms with Crippen molar-refractivity contribution in [3.8, 4) is 0 Å². The van der Waals surface area contributed by atoms with Gasteiger partial charge in [-0.1, -0.05) is 42.5 Å². The standard InChI is InChI=1S/C18H22N2O/c1-14(20-13-15-7-4-3-5-8-15)11-16-9-6-10-17(12-16)18(21)19-2/h3-10,12,14,20H,11,13H2,1-2H3,(H,19,21). The number of carbonyl (C=O) groups excluding carboxylic acids is 1. The molecule has 21 heavy (non-hydrogen) atoms. The smallest absolute Gasteiger partial charge is 0.251 e. The second-order valence-corrected chi connectivity index (χ2v) is 5.25. The van der Waals surface area contributed by atoms with E-state index in [1.165, 1.54) is 11.1 Å². The molecule has 2 N–H and O–H groups in total. The number of amides is 1. The summed E-state index contributed by atoms with van der Waals surface area (Å²) in [5, 5.41) is 6.16. The Morgan fingerprint density at radius 3 is 2.48 bits per heavy atom. The molecule has 2 aromatic rings. The van der Waals surface area contributed by atoms with Crippen LogP contribution in [0.4, 0.5) is 0 Å². The van der Waals surface area contributed by atoms with Crippen LogP contribution in [0.3, 0.4) is 0 Å². The Bertz CT molecular complexity index is 581. The Labute approximate surface area is 126 Å². The average Bonchev–Trinajstić information content (AvgIpc) is 2.53. The highest BCUT2D eigenvalue weighted by molar-refractivity contribution is 5.94. The van der Waals surface area contributed by atoms with E-state index in [2.05, 4.69) is 47.9 Å². The van der Waals surface area contributed by atoms with E-state index in [-0.39, 0.29) is 5.91 Å². The van der Waals surface area contributed by atoms with Crippen LogP contribution < -0.4 is 10.6 Å². The van der Waals surface area contributed by atoms with E-state index >= 15 is 0 Å². The third-order valence-electron chi connectivity index (χ3n) is 3.46. The molecule has 0 heterocycles. The number of rotatable bonds is 6. The van der Waals surface area contributed by atoms with Gasteiger partial charge in [-0.05, 0) is 36.6 Å². The largest absolute Gasteiger partial charge is 0.355 e. The molecule has 0 aromatic heterocycles. The molecule has 0 aliphatic rings. The van der Waals surface area contributed by atoms with Gasteiger partial charge in [-0.15, -0.1) is 0 Å². The summed E-state index contributed by atoms with van der Waals surface area (Å²) < 4.78 is 0. The molecule has 1 atom stereocenters. The van der Waals surface area contributed by atoms with Crippen molar-refractivity contribution in [2.45, 2.75) is 25.9 Å². The first kappa shape index (κ1) is 15.3.